The lowest BCUT2D eigenvalue weighted by Crippen LogP contribution is -2.24. The van der Waals surface area contributed by atoms with Gasteiger partial charge in [0.05, 0.1) is 5.56 Å². The average Bonchev–Trinajstić information content (AvgIpc) is 2.20. The number of carboxylic acids is 1. The van der Waals surface area contributed by atoms with Crippen LogP contribution in [0.3, 0.4) is 0 Å². The van der Waals surface area contributed by atoms with E-state index >= 15 is 0 Å². The van der Waals surface area contributed by atoms with Crippen molar-refractivity contribution in [2.24, 2.45) is 0 Å². The standard InChI is InChI=1S/C10H12N2O2S/c1-6-5-7(9(13)14)3-4-8(6)12-10(15)11-2/h3-5H,1-2H3,(H,13,14)(H2,11,12,15). The summed E-state index contributed by atoms with van der Waals surface area (Å²) < 4.78 is 0. The van der Waals surface area contributed by atoms with Gasteiger partial charge in [-0.15, -0.1) is 0 Å². The van der Waals surface area contributed by atoms with E-state index in [1.54, 1.807) is 19.2 Å². The molecule has 0 aliphatic rings. The zero-order chi connectivity index (χ0) is 11.4. The Morgan fingerprint density at radius 3 is 2.60 bits per heavy atom. The number of hydrogen-bond donors (Lipinski definition) is 3. The van der Waals surface area contributed by atoms with Crippen molar-refractivity contribution < 1.29 is 9.90 Å². The van der Waals surface area contributed by atoms with E-state index in [9.17, 15) is 4.79 Å². The fourth-order valence-corrected chi connectivity index (χ4v) is 1.23. The van der Waals surface area contributed by atoms with E-state index in [0.29, 0.717) is 5.11 Å². The van der Waals surface area contributed by atoms with Crippen LogP contribution in [-0.4, -0.2) is 23.2 Å². The van der Waals surface area contributed by atoms with Gasteiger partial charge in [-0.1, -0.05) is 0 Å². The predicted octanol–water partition coefficient (Wildman–Crippen LogP) is 1.61. The first-order valence-corrected chi connectivity index (χ1v) is 4.78. The number of nitrogens with one attached hydrogen (secondary N) is 2. The Kier molecular flexibility index (Phi) is 3.62. The van der Waals surface area contributed by atoms with Gasteiger partial charge in [0.2, 0.25) is 0 Å². The highest BCUT2D eigenvalue weighted by atomic mass is 32.1. The zero-order valence-electron chi connectivity index (χ0n) is 8.50. The molecule has 0 aliphatic heterocycles. The summed E-state index contributed by atoms with van der Waals surface area (Å²) in [5, 5.41) is 15.0. The summed E-state index contributed by atoms with van der Waals surface area (Å²) in [7, 11) is 1.72. The molecule has 0 amide bonds. The molecule has 0 unspecified atom stereocenters. The molecule has 0 heterocycles. The predicted molar refractivity (Wildman–Crippen MR) is 63.4 cm³/mol. The van der Waals surface area contributed by atoms with E-state index in [-0.39, 0.29) is 5.56 Å². The fraction of sp³-hybridized carbons (Fsp3) is 0.200. The van der Waals surface area contributed by atoms with Crippen molar-refractivity contribution in [2.45, 2.75) is 6.92 Å². The van der Waals surface area contributed by atoms with Gasteiger partial charge >= 0.3 is 5.97 Å². The molecule has 80 valence electrons. The smallest absolute Gasteiger partial charge is 0.335 e. The van der Waals surface area contributed by atoms with Crippen molar-refractivity contribution in [3.8, 4) is 0 Å². The quantitative estimate of drug-likeness (QED) is 0.666. The molecular weight excluding hydrogens is 212 g/mol. The number of aryl methyl sites for hydroxylation is 1. The van der Waals surface area contributed by atoms with Crippen LogP contribution >= 0.6 is 12.2 Å². The van der Waals surface area contributed by atoms with E-state index in [1.165, 1.54) is 6.07 Å². The van der Waals surface area contributed by atoms with Gasteiger partial charge in [0.1, 0.15) is 0 Å². The summed E-state index contributed by atoms with van der Waals surface area (Å²) in [5.41, 5.74) is 1.92. The first-order chi connectivity index (χ1) is 7.04. The van der Waals surface area contributed by atoms with Crippen molar-refractivity contribution in [3.05, 3.63) is 29.3 Å². The third kappa shape index (κ3) is 2.92. The molecule has 0 saturated heterocycles. The third-order valence-electron chi connectivity index (χ3n) is 1.95. The summed E-state index contributed by atoms with van der Waals surface area (Å²) in [6.07, 6.45) is 0. The molecule has 4 nitrogen and oxygen atoms in total. The summed E-state index contributed by atoms with van der Waals surface area (Å²) in [6.45, 7) is 1.83. The van der Waals surface area contributed by atoms with Gasteiger partial charge in [-0.2, -0.15) is 0 Å². The maximum atomic E-state index is 10.7. The highest BCUT2D eigenvalue weighted by Gasteiger charge is 2.05. The number of aromatic carboxylic acids is 1. The molecule has 1 aromatic carbocycles. The summed E-state index contributed by atoms with van der Waals surface area (Å²) in [6, 6.07) is 4.83. The van der Waals surface area contributed by atoms with Crippen LogP contribution in [0.15, 0.2) is 18.2 Å². The van der Waals surface area contributed by atoms with Crippen LogP contribution in [0.2, 0.25) is 0 Å². The van der Waals surface area contributed by atoms with Crippen molar-refractivity contribution in [1.29, 1.82) is 0 Å². The van der Waals surface area contributed by atoms with Crippen LogP contribution in [0.4, 0.5) is 5.69 Å². The lowest BCUT2D eigenvalue weighted by molar-refractivity contribution is 0.0697. The molecular formula is C10H12N2O2S. The molecule has 0 atom stereocenters. The average molecular weight is 224 g/mol. The highest BCUT2D eigenvalue weighted by molar-refractivity contribution is 7.80. The number of benzene rings is 1. The topological polar surface area (TPSA) is 61.4 Å². The Balaban J connectivity index is 2.93. The lowest BCUT2D eigenvalue weighted by atomic mass is 10.1. The monoisotopic (exact) mass is 224 g/mol. The maximum absolute atomic E-state index is 10.7. The summed E-state index contributed by atoms with van der Waals surface area (Å²) in [5.74, 6) is -0.930. The number of carbonyl (C=O) groups is 1. The van der Waals surface area contributed by atoms with E-state index in [1.807, 2.05) is 6.92 Å². The van der Waals surface area contributed by atoms with Crippen molar-refractivity contribution >= 4 is 29.0 Å². The lowest BCUT2D eigenvalue weighted by Gasteiger charge is -2.10. The van der Waals surface area contributed by atoms with Crippen LogP contribution < -0.4 is 10.6 Å². The molecule has 0 aromatic heterocycles. The van der Waals surface area contributed by atoms with E-state index in [4.69, 9.17) is 17.3 Å². The van der Waals surface area contributed by atoms with E-state index in [0.717, 1.165) is 11.3 Å². The van der Waals surface area contributed by atoms with Crippen molar-refractivity contribution in [1.82, 2.24) is 5.32 Å². The third-order valence-corrected chi connectivity index (χ3v) is 2.25. The van der Waals surface area contributed by atoms with Gasteiger partial charge in [0, 0.05) is 12.7 Å². The maximum Gasteiger partial charge on any atom is 0.335 e. The number of thiocarbonyl (C=S) groups is 1. The zero-order valence-corrected chi connectivity index (χ0v) is 9.31. The second-order valence-electron chi connectivity index (χ2n) is 3.04. The molecule has 0 aliphatic carbocycles. The molecule has 0 bridgehead atoms. The number of hydrogen-bond acceptors (Lipinski definition) is 2. The van der Waals surface area contributed by atoms with Gasteiger partial charge in [0.15, 0.2) is 5.11 Å². The van der Waals surface area contributed by atoms with Gasteiger partial charge in [-0.25, -0.2) is 4.79 Å². The molecule has 15 heavy (non-hydrogen) atoms. The van der Waals surface area contributed by atoms with Crippen LogP contribution in [0, 0.1) is 6.92 Å². The number of rotatable bonds is 2. The van der Waals surface area contributed by atoms with Gasteiger partial charge < -0.3 is 15.7 Å². The largest absolute Gasteiger partial charge is 0.478 e. The molecule has 0 saturated carbocycles. The van der Waals surface area contributed by atoms with Crippen LogP contribution in [0.1, 0.15) is 15.9 Å². The molecule has 0 radical (unpaired) electrons. The molecule has 3 N–H and O–H groups in total. The number of carboxylic acid groups (broad SMARTS) is 1. The molecule has 1 rings (SSSR count). The molecule has 1 aromatic rings. The van der Waals surface area contributed by atoms with Gasteiger partial charge in [-0.05, 0) is 42.9 Å². The highest BCUT2D eigenvalue weighted by Crippen LogP contribution is 2.16. The summed E-state index contributed by atoms with van der Waals surface area (Å²) in [4.78, 5) is 10.7. The minimum Gasteiger partial charge on any atom is -0.478 e. The van der Waals surface area contributed by atoms with Crippen LogP contribution in [0.25, 0.3) is 0 Å². The molecule has 0 fully saturated rings. The van der Waals surface area contributed by atoms with E-state index in [2.05, 4.69) is 10.6 Å². The Morgan fingerprint density at radius 2 is 2.13 bits per heavy atom. The SMILES string of the molecule is CNC(=S)Nc1ccc(C(=O)O)cc1C. The Hall–Kier alpha value is -1.62. The van der Waals surface area contributed by atoms with Crippen LogP contribution in [-0.2, 0) is 0 Å². The second-order valence-corrected chi connectivity index (χ2v) is 3.45. The summed E-state index contributed by atoms with van der Waals surface area (Å²) >= 11 is 4.94. The fourth-order valence-electron chi connectivity index (χ4n) is 1.12. The molecule has 0 spiro atoms. The first kappa shape index (κ1) is 11.5. The minimum atomic E-state index is -0.930. The van der Waals surface area contributed by atoms with Crippen LogP contribution in [0.5, 0.6) is 0 Å². The first-order valence-electron chi connectivity index (χ1n) is 4.37. The molecule has 5 heteroatoms. The van der Waals surface area contributed by atoms with Gasteiger partial charge in [0.25, 0.3) is 0 Å². The van der Waals surface area contributed by atoms with E-state index < -0.39 is 5.97 Å². The Labute approximate surface area is 93.3 Å². The van der Waals surface area contributed by atoms with Crippen molar-refractivity contribution in [3.63, 3.8) is 0 Å². The van der Waals surface area contributed by atoms with Gasteiger partial charge in [-0.3, -0.25) is 0 Å². The van der Waals surface area contributed by atoms with Crippen molar-refractivity contribution in [2.75, 3.05) is 12.4 Å². The minimum absolute atomic E-state index is 0.272. The normalized spacial score (nSPS) is 9.47. The second kappa shape index (κ2) is 4.75. The Morgan fingerprint density at radius 1 is 1.47 bits per heavy atom. The Bertz CT molecular complexity index is 404. The number of anilines is 1.